The first-order valence-electron chi connectivity index (χ1n) is 6.62. The molecule has 2 aromatic carbocycles. The van der Waals surface area contributed by atoms with Gasteiger partial charge in [0.1, 0.15) is 11.4 Å². The zero-order valence-corrected chi connectivity index (χ0v) is 11.9. The van der Waals surface area contributed by atoms with E-state index in [1.807, 2.05) is 36.4 Å². The van der Waals surface area contributed by atoms with Crippen molar-refractivity contribution in [2.75, 3.05) is 7.11 Å². The number of ketones is 1. The summed E-state index contributed by atoms with van der Waals surface area (Å²) in [6.07, 6.45) is 1.81. The second-order valence-electron chi connectivity index (χ2n) is 4.85. The average molecular weight is 281 g/mol. The highest BCUT2D eigenvalue weighted by molar-refractivity contribution is 5.99. The van der Waals surface area contributed by atoms with E-state index in [9.17, 15) is 4.79 Å². The van der Waals surface area contributed by atoms with Gasteiger partial charge >= 0.3 is 0 Å². The monoisotopic (exact) mass is 281 g/mol. The van der Waals surface area contributed by atoms with Crippen molar-refractivity contribution in [3.05, 3.63) is 53.9 Å². The number of carbonyl (C=O) groups excluding carboxylic acids is 1. The number of benzene rings is 2. The summed E-state index contributed by atoms with van der Waals surface area (Å²) in [7, 11) is 3.35. The molecule has 0 N–H and O–H groups in total. The van der Waals surface area contributed by atoms with Gasteiger partial charge in [0.15, 0.2) is 5.78 Å². The third-order valence-electron chi connectivity index (χ3n) is 3.53. The molecule has 0 fully saturated rings. The van der Waals surface area contributed by atoms with Gasteiger partial charge in [-0.1, -0.05) is 29.5 Å². The van der Waals surface area contributed by atoms with Crippen LogP contribution in [0.4, 0.5) is 0 Å². The van der Waals surface area contributed by atoms with Crippen molar-refractivity contribution in [3.8, 4) is 5.75 Å². The van der Waals surface area contributed by atoms with Gasteiger partial charge in [0.2, 0.25) is 0 Å². The number of rotatable bonds is 4. The fourth-order valence-electron chi connectivity index (χ4n) is 2.40. The van der Waals surface area contributed by atoms with Gasteiger partial charge in [0.25, 0.3) is 0 Å². The SMILES string of the molecule is COc1ccc2cccc(CC(=O)c3cnnn3C)c2c1. The maximum Gasteiger partial charge on any atom is 0.186 e. The van der Waals surface area contributed by atoms with Crippen LogP contribution in [0.3, 0.4) is 0 Å². The van der Waals surface area contributed by atoms with Crippen molar-refractivity contribution in [1.29, 1.82) is 0 Å². The quantitative estimate of drug-likeness (QED) is 0.689. The standard InChI is InChI=1S/C16H15N3O2/c1-19-15(10-17-18-19)16(20)8-12-5-3-4-11-6-7-13(21-2)9-14(11)12/h3-7,9-10H,8H2,1-2H3. The lowest BCUT2D eigenvalue weighted by molar-refractivity contribution is 0.0984. The lowest BCUT2D eigenvalue weighted by Crippen LogP contribution is -2.09. The lowest BCUT2D eigenvalue weighted by Gasteiger charge is -2.08. The Morgan fingerprint density at radius 2 is 2.14 bits per heavy atom. The van der Waals surface area contributed by atoms with E-state index in [2.05, 4.69) is 10.3 Å². The van der Waals surface area contributed by atoms with E-state index in [1.54, 1.807) is 14.2 Å². The van der Waals surface area contributed by atoms with E-state index in [1.165, 1.54) is 10.9 Å². The van der Waals surface area contributed by atoms with Crippen LogP contribution in [0.25, 0.3) is 10.8 Å². The van der Waals surface area contributed by atoms with Crippen LogP contribution in [0.5, 0.6) is 5.75 Å². The predicted octanol–water partition coefficient (Wildman–Crippen LogP) is 2.40. The van der Waals surface area contributed by atoms with Gasteiger partial charge in [-0.2, -0.15) is 0 Å². The van der Waals surface area contributed by atoms with E-state index in [-0.39, 0.29) is 5.78 Å². The van der Waals surface area contributed by atoms with Crippen LogP contribution in [-0.4, -0.2) is 27.9 Å². The molecule has 5 nitrogen and oxygen atoms in total. The van der Waals surface area contributed by atoms with Gasteiger partial charge < -0.3 is 4.74 Å². The zero-order valence-electron chi connectivity index (χ0n) is 11.9. The fraction of sp³-hybridized carbons (Fsp3) is 0.188. The van der Waals surface area contributed by atoms with Crippen LogP contribution in [0.2, 0.25) is 0 Å². The van der Waals surface area contributed by atoms with Crippen molar-refractivity contribution in [3.63, 3.8) is 0 Å². The molecule has 0 aliphatic rings. The van der Waals surface area contributed by atoms with E-state index in [4.69, 9.17) is 4.74 Å². The molecule has 1 heterocycles. The van der Waals surface area contributed by atoms with Crippen molar-refractivity contribution in [1.82, 2.24) is 15.0 Å². The molecule has 3 aromatic rings. The molecular weight excluding hydrogens is 266 g/mol. The summed E-state index contributed by atoms with van der Waals surface area (Å²) in [5.41, 5.74) is 1.48. The summed E-state index contributed by atoms with van der Waals surface area (Å²) in [6, 6.07) is 11.8. The number of methoxy groups -OCH3 is 1. The molecule has 0 saturated heterocycles. The minimum absolute atomic E-state index is 0.00202. The van der Waals surface area contributed by atoms with Gasteiger partial charge in [-0.3, -0.25) is 4.79 Å². The summed E-state index contributed by atoms with van der Waals surface area (Å²) in [5, 5.41) is 9.66. The Morgan fingerprint density at radius 1 is 1.29 bits per heavy atom. The molecule has 0 aliphatic carbocycles. The van der Waals surface area contributed by atoms with Gasteiger partial charge in [0, 0.05) is 13.5 Å². The second kappa shape index (κ2) is 5.36. The van der Waals surface area contributed by atoms with Gasteiger partial charge in [-0.15, -0.1) is 5.10 Å². The summed E-state index contributed by atoms with van der Waals surface area (Å²) in [6.45, 7) is 0. The Morgan fingerprint density at radius 3 is 2.86 bits per heavy atom. The number of aryl methyl sites for hydroxylation is 1. The number of nitrogens with zero attached hydrogens (tertiary/aromatic N) is 3. The number of hydrogen-bond donors (Lipinski definition) is 0. The highest BCUT2D eigenvalue weighted by atomic mass is 16.5. The normalized spacial score (nSPS) is 10.8. The number of Topliss-reactive ketones (excluding diaryl/α,β-unsaturated/α-hetero) is 1. The number of aromatic nitrogens is 3. The lowest BCUT2D eigenvalue weighted by atomic mass is 9.99. The summed E-state index contributed by atoms with van der Waals surface area (Å²) in [5.74, 6) is 0.780. The summed E-state index contributed by atoms with van der Waals surface area (Å²) >= 11 is 0. The zero-order chi connectivity index (χ0) is 14.8. The predicted molar refractivity (Wildman–Crippen MR) is 79.5 cm³/mol. The molecule has 0 amide bonds. The maximum absolute atomic E-state index is 12.4. The second-order valence-corrected chi connectivity index (χ2v) is 4.85. The Kier molecular flexibility index (Phi) is 3.39. The first-order chi connectivity index (χ1) is 10.2. The summed E-state index contributed by atoms with van der Waals surface area (Å²) in [4.78, 5) is 12.4. The molecule has 3 rings (SSSR count). The van der Waals surface area contributed by atoms with E-state index in [0.29, 0.717) is 12.1 Å². The van der Waals surface area contributed by atoms with E-state index < -0.39 is 0 Å². The molecule has 0 bridgehead atoms. The maximum atomic E-state index is 12.4. The van der Waals surface area contributed by atoms with E-state index in [0.717, 1.165) is 22.1 Å². The van der Waals surface area contributed by atoms with Crippen LogP contribution < -0.4 is 4.74 Å². The molecule has 0 radical (unpaired) electrons. The van der Waals surface area contributed by atoms with Crippen molar-refractivity contribution < 1.29 is 9.53 Å². The van der Waals surface area contributed by atoms with Crippen LogP contribution in [0.1, 0.15) is 16.1 Å². The van der Waals surface area contributed by atoms with Gasteiger partial charge in [-0.25, -0.2) is 4.68 Å². The topological polar surface area (TPSA) is 57.0 Å². The Hall–Kier alpha value is -2.69. The van der Waals surface area contributed by atoms with Crippen LogP contribution in [-0.2, 0) is 13.5 Å². The average Bonchev–Trinajstić information content (AvgIpc) is 2.93. The number of hydrogen-bond acceptors (Lipinski definition) is 4. The summed E-state index contributed by atoms with van der Waals surface area (Å²) < 4.78 is 6.76. The van der Waals surface area contributed by atoms with Crippen molar-refractivity contribution >= 4 is 16.6 Å². The fourth-order valence-corrected chi connectivity index (χ4v) is 2.40. The molecule has 0 saturated carbocycles. The molecule has 1 aromatic heterocycles. The van der Waals surface area contributed by atoms with Gasteiger partial charge in [-0.05, 0) is 28.5 Å². The first-order valence-corrected chi connectivity index (χ1v) is 6.62. The largest absolute Gasteiger partial charge is 0.497 e. The molecule has 21 heavy (non-hydrogen) atoms. The first kappa shape index (κ1) is 13.3. The van der Waals surface area contributed by atoms with Crippen molar-refractivity contribution in [2.24, 2.45) is 7.05 Å². The van der Waals surface area contributed by atoms with Crippen molar-refractivity contribution in [2.45, 2.75) is 6.42 Å². The van der Waals surface area contributed by atoms with E-state index >= 15 is 0 Å². The Bertz CT molecular complexity index is 808. The molecule has 5 heteroatoms. The Labute approximate surface area is 122 Å². The molecule has 0 spiro atoms. The minimum Gasteiger partial charge on any atom is -0.497 e. The number of ether oxygens (including phenoxy) is 1. The molecular formula is C16H15N3O2. The molecule has 0 atom stereocenters. The highest BCUT2D eigenvalue weighted by Gasteiger charge is 2.13. The van der Waals surface area contributed by atoms with Crippen LogP contribution >= 0.6 is 0 Å². The Balaban J connectivity index is 2.00. The third kappa shape index (κ3) is 2.50. The van der Waals surface area contributed by atoms with Crippen LogP contribution in [0.15, 0.2) is 42.6 Å². The molecule has 0 aliphatic heterocycles. The number of fused-ring (bicyclic) bond motifs is 1. The minimum atomic E-state index is -0.00202. The molecule has 0 unspecified atom stereocenters. The third-order valence-corrected chi connectivity index (χ3v) is 3.53. The van der Waals surface area contributed by atoms with Crippen LogP contribution in [0, 0.1) is 0 Å². The smallest absolute Gasteiger partial charge is 0.186 e. The number of carbonyl (C=O) groups is 1. The highest BCUT2D eigenvalue weighted by Crippen LogP contribution is 2.25. The molecule has 106 valence electrons. The van der Waals surface area contributed by atoms with Gasteiger partial charge in [0.05, 0.1) is 13.3 Å².